The van der Waals surface area contributed by atoms with Gasteiger partial charge in [0, 0.05) is 11.1 Å². The largest absolute Gasteiger partial charge is 0.507 e. The molecule has 0 unspecified atom stereocenters. The summed E-state index contributed by atoms with van der Waals surface area (Å²) in [4.78, 5) is 36.2. The Kier molecular flexibility index (Phi) is 2.88. The van der Waals surface area contributed by atoms with Crippen LogP contribution in [0.1, 0.15) is 43.6 Å². The van der Waals surface area contributed by atoms with Crippen molar-refractivity contribution >= 4 is 17.3 Å². The van der Waals surface area contributed by atoms with E-state index in [4.69, 9.17) is 0 Å². The molecule has 0 heterocycles. The molecule has 2 aromatic rings. The zero-order valence-corrected chi connectivity index (χ0v) is 11.9. The van der Waals surface area contributed by atoms with Crippen molar-refractivity contribution in [2.24, 2.45) is 0 Å². The molecular weight excluding hydrogens is 284 g/mol. The molecule has 3 rings (SSSR count). The fourth-order valence-electron chi connectivity index (χ4n) is 2.81. The number of ketones is 3. The SMILES string of the molecule is CC(=O)c1cc2c(c(O)c1C)C(=O)C(=O)c1c(O)cccc1-2. The van der Waals surface area contributed by atoms with Crippen LogP contribution < -0.4 is 0 Å². The lowest BCUT2D eigenvalue weighted by Crippen LogP contribution is -2.22. The Morgan fingerprint density at radius 1 is 1.00 bits per heavy atom. The van der Waals surface area contributed by atoms with Gasteiger partial charge in [-0.1, -0.05) is 12.1 Å². The lowest BCUT2D eigenvalue weighted by Gasteiger charge is -2.21. The molecular formula is C17H12O5. The van der Waals surface area contributed by atoms with E-state index in [0.29, 0.717) is 5.56 Å². The molecule has 0 fully saturated rings. The molecule has 0 aromatic heterocycles. The Bertz CT molecular complexity index is 877. The molecule has 5 heteroatoms. The molecule has 0 amide bonds. The smallest absolute Gasteiger partial charge is 0.238 e. The highest BCUT2D eigenvalue weighted by Crippen LogP contribution is 2.43. The Balaban J connectivity index is 2.48. The first-order valence-corrected chi connectivity index (χ1v) is 6.63. The van der Waals surface area contributed by atoms with E-state index in [1.165, 1.54) is 32.0 Å². The molecule has 0 atom stereocenters. The van der Waals surface area contributed by atoms with Crippen molar-refractivity contribution in [2.75, 3.05) is 0 Å². The second-order valence-corrected chi connectivity index (χ2v) is 5.23. The van der Waals surface area contributed by atoms with Gasteiger partial charge >= 0.3 is 0 Å². The molecule has 0 saturated heterocycles. The second-order valence-electron chi connectivity index (χ2n) is 5.23. The van der Waals surface area contributed by atoms with Crippen LogP contribution in [0.3, 0.4) is 0 Å². The van der Waals surface area contributed by atoms with Gasteiger partial charge in [-0.3, -0.25) is 14.4 Å². The average Bonchev–Trinajstić information content (AvgIpc) is 2.47. The molecule has 0 spiro atoms. The van der Waals surface area contributed by atoms with Gasteiger partial charge in [-0.05, 0) is 37.1 Å². The molecule has 2 aromatic carbocycles. The number of carbonyl (C=O) groups excluding carboxylic acids is 3. The van der Waals surface area contributed by atoms with Crippen molar-refractivity contribution in [1.29, 1.82) is 0 Å². The summed E-state index contributed by atoms with van der Waals surface area (Å²) in [6, 6.07) is 5.90. The van der Waals surface area contributed by atoms with Crippen molar-refractivity contribution in [3.63, 3.8) is 0 Å². The zero-order chi connectivity index (χ0) is 16.2. The number of hydrogen-bond donors (Lipinski definition) is 2. The van der Waals surface area contributed by atoms with Crippen LogP contribution in [0.15, 0.2) is 24.3 Å². The predicted octanol–water partition coefficient (Wildman–Crippen LogP) is 2.65. The quantitative estimate of drug-likeness (QED) is 0.623. The van der Waals surface area contributed by atoms with E-state index in [0.717, 1.165) is 0 Å². The average molecular weight is 296 g/mol. The van der Waals surface area contributed by atoms with Gasteiger partial charge in [0.1, 0.15) is 11.5 Å². The molecule has 0 radical (unpaired) electrons. The number of phenolic OH excluding ortho intramolecular Hbond substituents is 2. The van der Waals surface area contributed by atoms with Gasteiger partial charge in [0.15, 0.2) is 5.78 Å². The summed E-state index contributed by atoms with van der Waals surface area (Å²) in [7, 11) is 0. The van der Waals surface area contributed by atoms with Gasteiger partial charge in [-0.2, -0.15) is 0 Å². The van der Waals surface area contributed by atoms with Crippen LogP contribution in [0.2, 0.25) is 0 Å². The molecule has 0 bridgehead atoms. The highest BCUT2D eigenvalue weighted by atomic mass is 16.3. The number of rotatable bonds is 1. The predicted molar refractivity (Wildman–Crippen MR) is 78.6 cm³/mol. The second kappa shape index (κ2) is 4.53. The van der Waals surface area contributed by atoms with Crippen molar-refractivity contribution in [3.05, 3.63) is 46.5 Å². The fourth-order valence-corrected chi connectivity index (χ4v) is 2.81. The van der Waals surface area contributed by atoms with Gasteiger partial charge in [-0.15, -0.1) is 0 Å². The lowest BCUT2D eigenvalue weighted by molar-refractivity contribution is 0.0811. The maximum Gasteiger partial charge on any atom is 0.238 e. The summed E-state index contributed by atoms with van der Waals surface area (Å²) >= 11 is 0. The monoisotopic (exact) mass is 296 g/mol. The number of Topliss-reactive ketones (excluding diaryl/α,β-unsaturated/α-hetero) is 3. The Hall–Kier alpha value is -2.95. The highest BCUT2D eigenvalue weighted by Gasteiger charge is 2.36. The van der Waals surface area contributed by atoms with E-state index >= 15 is 0 Å². The van der Waals surface area contributed by atoms with E-state index in [-0.39, 0.29) is 45.1 Å². The summed E-state index contributed by atoms with van der Waals surface area (Å²) < 4.78 is 0. The minimum atomic E-state index is -0.889. The fraction of sp³-hybridized carbons (Fsp3) is 0.118. The Morgan fingerprint density at radius 3 is 2.27 bits per heavy atom. The summed E-state index contributed by atoms with van der Waals surface area (Å²) in [5, 5.41) is 20.1. The van der Waals surface area contributed by atoms with Crippen LogP contribution in [0.25, 0.3) is 11.1 Å². The molecule has 1 aliphatic carbocycles. The van der Waals surface area contributed by atoms with Crippen LogP contribution >= 0.6 is 0 Å². The first kappa shape index (κ1) is 14.0. The molecule has 22 heavy (non-hydrogen) atoms. The van der Waals surface area contributed by atoms with Crippen LogP contribution in [-0.2, 0) is 0 Å². The molecule has 0 saturated carbocycles. The molecule has 110 valence electrons. The minimum Gasteiger partial charge on any atom is -0.507 e. The summed E-state index contributed by atoms with van der Waals surface area (Å²) in [5.41, 5.74) is 0.924. The van der Waals surface area contributed by atoms with Crippen LogP contribution in [0, 0.1) is 6.92 Å². The maximum atomic E-state index is 12.3. The molecule has 2 N–H and O–H groups in total. The number of phenols is 2. The third-order valence-electron chi connectivity index (χ3n) is 3.93. The zero-order valence-electron chi connectivity index (χ0n) is 11.9. The van der Waals surface area contributed by atoms with Crippen molar-refractivity contribution in [3.8, 4) is 22.6 Å². The van der Waals surface area contributed by atoms with Crippen LogP contribution in [0.4, 0.5) is 0 Å². The van der Waals surface area contributed by atoms with E-state index in [9.17, 15) is 24.6 Å². The first-order chi connectivity index (χ1) is 10.3. The Labute approximate surface area is 125 Å². The molecule has 1 aliphatic rings. The summed E-state index contributed by atoms with van der Waals surface area (Å²) in [6.45, 7) is 2.87. The number of carbonyl (C=O) groups is 3. The van der Waals surface area contributed by atoms with Crippen molar-refractivity contribution in [1.82, 2.24) is 0 Å². The van der Waals surface area contributed by atoms with Gasteiger partial charge in [0.2, 0.25) is 11.6 Å². The van der Waals surface area contributed by atoms with E-state index in [2.05, 4.69) is 0 Å². The van der Waals surface area contributed by atoms with Gasteiger partial charge in [0.05, 0.1) is 11.1 Å². The summed E-state index contributed by atoms with van der Waals surface area (Å²) in [5.74, 6) is -2.69. The van der Waals surface area contributed by atoms with Gasteiger partial charge < -0.3 is 10.2 Å². The van der Waals surface area contributed by atoms with Crippen LogP contribution in [0.5, 0.6) is 11.5 Å². The standard InChI is InChI=1S/C17H12O5/c1-7-10(8(2)18)6-11-9-4-3-5-12(19)13(9)16(21)17(22)14(11)15(7)20/h3-6,19-20H,1-2H3. The topological polar surface area (TPSA) is 91.7 Å². The van der Waals surface area contributed by atoms with E-state index in [1.54, 1.807) is 6.07 Å². The van der Waals surface area contributed by atoms with Gasteiger partial charge in [0.25, 0.3) is 0 Å². The number of fused-ring (bicyclic) bond motifs is 3. The van der Waals surface area contributed by atoms with Crippen molar-refractivity contribution < 1.29 is 24.6 Å². The number of benzene rings is 2. The third kappa shape index (κ3) is 1.69. The van der Waals surface area contributed by atoms with Gasteiger partial charge in [-0.25, -0.2) is 0 Å². The lowest BCUT2D eigenvalue weighted by atomic mass is 9.80. The number of hydrogen-bond acceptors (Lipinski definition) is 5. The van der Waals surface area contributed by atoms with E-state index in [1.807, 2.05) is 0 Å². The third-order valence-corrected chi connectivity index (χ3v) is 3.93. The first-order valence-electron chi connectivity index (χ1n) is 6.63. The van der Waals surface area contributed by atoms with Crippen LogP contribution in [-0.4, -0.2) is 27.6 Å². The minimum absolute atomic E-state index is 0.0993. The molecule has 0 aliphatic heterocycles. The highest BCUT2D eigenvalue weighted by molar-refractivity contribution is 6.54. The number of aromatic hydroxyl groups is 2. The Morgan fingerprint density at radius 2 is 1.64 bits per heavy atom. The normalized spacial score (nSPS) is 12.8. The maximum absolute atomic E-state index is 12.3. The van der Waals surface area contributed by atoms with E-state index < -0.39 is 11.6 Å². The summed E-state index contributed by atoms with van der Waals surface area (Å²) in [6.07, 6.45) is 0. The molecule has 5 nitrogen and oxygen atoms in total. The van der Waals surface area contributed by atoms with Crippen molar-refractivity contribution in [2.45, 2.75) is 13.8 Å².